The molecule has 0 saturated carbocycles. The van der Waals surface area contributed by atoms with Crippen molar-refractivity contribution in [2.75, 3.05) is 13.2 Å². The Morgan fingerprint density at radius 2 is 1.86 bits per heavy atom. The van der Waals surface area contributed by atoms with Crippen molar-refractivity contribution in [3.63, 3.8) is 0 Å². The Hall–Kier alpha value is -2.73. The van der Waals surface area contributed by atoms with Crippen LogP contribution in [0.1, 0.15) is 36.3 Å². The van der Waals surface area contributed by atoms with Crippen LogP contribution in [0.5, 0.6) is 0 Å². The third-order valence-electron chi connectivity index (χ3n) is 4.45. The topological polar surface area (TPSA) is 68.3 Å². The Kier molecular flexibility index (Phi) is 7.14. The SMILES string of the molecule is C[C@H](CNC(=O)COC(=O)CCCc1nc2ccccc2s1)c1ccccc1. The van der Waals surface area contributed by atoms with Crippen LogP contribution in [0.25, 0.3) is 10.2 Å². The molecule has 1 amide bonds. The van der Waals surface area contributed by atoms with E-state index in [9.17, 15) is 9.59 Å². The molecule has 0 spiro atoms. The number of nitrogens with zero attached hydrogens (tertiary/aromatic N) is 1. The zero-order chi connectivity index (χ0) is 19.8. The van der Waals surface area contributed by atoms with Gasteiger partial charge in [0, 0.05) is 13.0 Å². The van der Waals surface area contributed by atoms with E-state index in [-0.39, 0.29) is 30.8 Å². The predicted molar refractivity (Wildman–Crippen MR) is 111 cm³/mol. The maximum atomic E-state index is 11.9. The molecule has 0 aliphatic heterocycles. The van der Waals surface area contributed by atoms with Crippen LogP contribution in [-0.2, 0) is 20.7 Å². The molecular formula is C22H24N2O3S. The van der Waals surface area contributed by atoms with Crippen LogP contribution in [0.2, 0.25) is 0 Å². The molecule has 0 unspecified atom stereocenters. The largest absolute Gasteiger partial charge is 0.456 e. The summed E-state index contributed by atoms with van der Waals surface area (Å²) in [5.41, 5.74) is 2.15. The van der Waals surface area contributed by atoms with E-state index in [2.05, 4.69) is 10.3 Å². The summed E-state index contributed by atoms with van der Waals surface area (Å²) in [6.07, 6.45) is 1.67. The molecule has 0 bridgehead atoms. The van der Waals surface area contributed by atoms with Gasteiger partial charge < -0.3 is 10.1 Å². The van der Waals surface area contributed by atoms with Crippen molar-refractivity contribution >= 4 is 33.4 Å². The number of ether oxygens (including phenoxy) is 1. The number of hydrogen-bond acceptors (Lipinski definition) is 5. The minimum atomic E-state index is -0.354. The number of nitrogens with one attached hydrogen (secondary N) is 1. The lowest BCUT2D eigenvalue weighted by atomic mass is 10.0. The molecular weight excluding hydrogens is 372 g/mol. The first-order valence-electron chi connectivity index (χ1n) is 9.43. The van der Waals surface area contributed by atoms with Gasteiger partial charge in [-0.3, -0.25) is 9.59 Å². The van der Waals surface area contributed by atoms with E-state index >= 15 is 0 Å². The second kappa shape index (κ2) is 9.99. The van der Waals surface area contributed by atoms with Gasteiger partial charge in [0.2, 0.25) is 0 Å². The number of benzene rings is 2. The highest BCUT2D eigenvalue weighted by Gasteiger charge is 2.11. The van der Waals surface area contributed by atoms with Gasteiger partial charge in [-0.15, -0.1) is 11.3 Å². The highest BCUT2D eigenvalue weighted by molar-refractivity contribution is 7.18. The van der Waals surface area contributed by atoms with Gasteiger partial charge in [-0.1, -0.05) is 49.4 Å². The molecule has 1 N–H and O–H groups in total. The van der Waals surface area contributed by atoms with Crippen LogP contribution in [-0.4, -0.2) is 30.0 Å². The van der Waals surface area contributed by atoms with E-state index in [1.165, 1.54) is 0 Å². The van der Waals surface area contributed by atoms with Gasteiger partial charge in [0.25, 0.3) is 5.91 Å². The van der Waals surface area contributed by atoms with E-state index in [0.29, 0.717) is 13.0 Å². The van der Waals surface area contributed by atoms with E-state index < -0.39 is 0 Å². The van der Waals surface area contributed by atoms with E-state index in [1.54, 1.807) is 11.3 Å². The van der Waals surface area contributed by atoms with Gasteiger partial charge >= 0.3 is 5.97 Å². The molecule has 2 aromatic carbocycles. The number of thiazole rings is 1. The molecule has 0 radical (unpaired) electrons. The highest BCUT2D eigenvalue weighted by atomic mass is 32.1. The summed E-state index contributed by atoms with van der Waals surface area (Å²) >= 11 is 1.65. The van der Waals surface area contributed by atoms with Crippen LogP contribution in [0.3, 0.4) is 0 Å². The van der Waals surface area contributed by atoms with Crippen molar-refractivity contribution in [2.24, 2.45) is 0 Å². The summed E-state index contributed by atoms with van der Waals surface area (Å²) < 4.78 is 6.22. The fourth-order valence-corrected chi connectivity index (χ4v) is 3.86. The lowest BCUT2D eigenvalue weighted by Crippen LogP contribution is -2.31. The summed E-state index contributed by atoms with van der Waals surface area (Å²) in [6, 6.07) is 18.0. The number of hydrogen-bond donors (Lipinski definition) is 1. The predicted octanol–water partition coefficient (Wildman–Crippen LogP) is 4.08. The Bertz CT molecular complexity index is 891. The van der Waals surface area contributed by atoms with Crippen molar-refractivity contribution in [3.8, 4) is 0 Å². The van der Waals surface area contributed by atoms with Gasteiger partial charge in [0.05, 0.1) is 15.2 Å². The van der Waals surface area contributed by atoms with Gasteiger partial charge in [0.15, 0.2) is 6.61 Å². The van der Waals surface area contributed by atoms with Gasteiger partial charge in [0.1, 0.15) is 0 Å². The molecule has 3 aromatic rings. The van der Waals surface area contributed by atoms with E-state index in [4.69, 9.17) is 4.74 Å². The second-order valence-electron chi connectivity index (χ2n) is 6.71. The molecule has 1 heterocycles. The van der Waals surface area contributed by atoms with Crippen LogP contribution in [0.4, 0.5) is 0 Å². The Balaban J connectivity index is 1.32. The number of esters is 1. The lowest BCUT2D eigenvalue weighted by Gasteiger charge is -2.13. The number of fused-ring (bicyclic) bond motifs is 1. The molecule has 1 atom stereocenters. The minimum Gasteiger partial charge on any atom is -0.456 e. The van der Waals surface area contributed by atoms with Crippen LogP contribution >= 0.6 is 11.3 Å². The summed E-state index contributed by atoms with van der Waals surface area (Å²) in [5.74, 6) is -0.427. The molecule has 0 saturated heterocycles. The smallest absolute Gasteiger partial charge is 0.306 e. The van der Waals surface area contributed by atoms with Gasteiger partial charge in [-0.2, -0.15) is 0 Å². The Morgan fingerprint density at radius 3 is 2.64 bits per heavy atom. The van der Waals surface area contributed by atoms with Crippen molar-refractivity contribution in [2.45, 2.75) is 32.1 Å². The normalized spacial score (nSPS) is 11.9. The molecule has 5 nitrogen and oxygen atoms in total. The summed E-state index contributed by atoms with van der Waals surface area (Å²) in [7, 11) is 0. The summed E-state index contributed by atoms with van der Waals surface area (Å²) in [4.78, 5) is 28.3. The zero-order valence-electron chi connectivity index (χ0n) is 15.9. The quantitative estimate of drug-likeness (QED) is 0.553. The van der Waals surface area contributed by atoms with E-state index in [1.807, 2.05) is 61.5 Å². The molecule has 6 heteroatoms. The first kappa shape index (κ1) is 20.0. The summed E-state index contributed by atoms with van der Waals surface area (Å²) in [6.45, 7) is 2.32. The molecule has 1 aromatic heterocycles. The maximum absolute atomic E-state index is 11.9. The van der Waals surface area contributed by atoms with Crippen LogP contribution < -0.4 is 5.32 Å². The fraction of sp³-hybridized carbons (Fsp3) is 0.318. The van der Waals surface area contributed by atoms with Crippen molar-refractivity contribution in [3.05, 3.63) is 65.2 Å². The Labute approximate surface area is 168 Å². The molecule has 3 rings (SSSR count). The second-order valence-corrected chi connectivity index (χ2v) is 7.82. The molecule has 146 valence electrons. The van der Waals surface area contributed by atoms with Gasteiger partial charge in [-0.25, -0.2) is 4.98 Å². The minimum absolute atomic E-state index is 0.203. The number of carbonyl (C=O) groups is 2. The first-order valence-corrected chi connectivity index (χ1v) is 10.2. The molecule has 0 aliphatic carbocycles. The maximum Gasteiger partial charge on any atom is 0.306 e. The van der Waals surface area contributed by atoms with E-state index in [0.717, 1.165) is 27.2 Å². The average molecular weight is 397 g/mol. The number of rotatable bonds is 9. The highest BCUT2D eigenvalue weighted by Crippen LogP contribution is 2.22. The standard InChI is InChI=1S/C22H24N2O3S/c1-16(17-8-3-2-4-9-17)14-23-20(25)15-27-22(26)13-7-12-21-24-18-10-5-6-11-19(18)28-21/h2-6,8-11,16H,7,12-15H2,1H3,(H,23,25)/t16-/m1/s1. The fourth-order valence-electron chi connectivity index (χ4n) is 2.85. The van der Waals surface area contributed by atoms with Crippen LogP contribution in [0, 0.1) is 0 Å². The molecule has 0 aliphatic rings. The van der Waals surface area contributed by atoms with Crippen molar-refractivity contribution < 1.29 is 14.3 Å². The third-order valence-corrected chi connectivity index (χ3v) is 5.54. The molecule has 28 heavy (non-hydrogen) atoms. The van der Waals surface area contributed by atoms with Crippen molar-refractivity contribution in [1.29, 1.82) is 0 Å². The van der Waals surface area contributed by atoms with Crippen LogP contribution in [0.15, 0.2) is 54.6 Å². The first-order chi connectivity index (χ1) is 13.6. The Morgan fingerprint density at radius 1 is 1.11 bits per heavy atom. The van der Waals surface area contributed by atoms with Crippen molar-refractivity contribution in [1.82, 2.24) is 10.3 Å². The van der Waals surface area contributed by atoms with Gasteiger partial charge in [-0.05, 0) is 36.5 Å². The number of aromatic nitrogens is 1. The lowest BCUT2D eigenvalue weighted by molar-refractivity contribution is -0.148. The number of carbonyl (C=O) groups excluding carboxylic acids is 2. The summed E-state index contributed by atoms with van der Waals surface area (Å²) in [5, 5.41) is 3.82. The monoisotopic (exact) mass is 396 g/mol. The third kappa shape index (κ3) is 5.89. The molecule has 0 fully saturated rings. The zero-order valence-corrected chi connectivity index (χ0v) is 16.7. The average Bonchev–Trinajstić information content (AvgIpc) is 3.14. The number of aryl methyl sites for hydroxylation is 1. The number of amides is 1. The number of para-hydroxylation sites is 1.